The van der Waals surface area contributed by atoms with Crippen LogP contribution in [0.25, 0.3) is 67.2 Å². The van der Waals surface area contributed by atoms with E-state index in [1.807, 2.05) is 54.6 Å². The minimum Gasteiger partial charge on any atom is -0.449 e. The molecule has 5 nitrogen and oxygen atoms in total. The number of hydrogen-bond donors (Lipinski definition) is 0. The Kier molecular flexibility index (Phi) is 6.46. The molecule has 0 saturated carbocycles. The monoisotopic (exact) mass is 657 g/mol. The van der Waals surface area contributed by atoms with Crippen molar-refractivity contribution in [1.29, 1.82) is 0 Å². The molecule has 1 aliphatic carbocycles. The van der Waals surface area contributed by atoms with Gasteiger partial charge in [0.25, 0.3) is 0 Å². The first-order valence-corrected chi connectivity index (χ1v) is 17.2. The lowest BCUT2D eigenvalue weighted by Gasteiger charge is -2.26. The molecule has 0 unspecified atom stereocenters. The van der Waals surface area contributed by atoms with Gasteiger partial charge in [-0.25, -0.2) is 15.0 Å². The van der Waals surface area contributed by atoms with E-state index in [9.17, 15) is 0 Å². The minimum absolute atomic E-state index is 0.170. The standard InChI is InChI=1S/C46H31N3O2/c1-46(2)37-22-12-11-20-33(37)36-26-40-41(27-38(36)46)51-42-35(21-13-23-39(42)50-40)45-48-43(29-16-7-4-8-17-29)47-44(49-45)34-25-24-30(28-14-5-3-6-15-28)31-18-9-10-19-32(31)34/h3-27H,1-2H3. The number of nitrogens with zero attached hydrogens (tertiary/aromatic N) is 3. The van der Waals surface area contributed by atoms with Gasteiger partial charge < -0.3 is 9.47 Å². The van der Waals surface area contributed by atoms with Gasteiger partial charge in [-0.1, -0.05) is 135 Å². The van der Waals surface area contributed by atoms with E-state index >= 15 is 0 Å². The van der Waals surface area contributed by atoms with Crippen LogP contribution < -0.4 is 9.47 Å². The Morgan fingerprint density at radius 2 is 0.980 bits per heavy atom. The van der Waals surface area contributed by atoms with Crippen molar-refractivity contribution in [2.24, 2.45) is 0 Å². The zero-order chi connectivity index (χ0) is 34.1. The fourth-order valence-corrected chi connectivity index (χ4v) is 7.67. The molecule has 0 bridgehead atoms. The van der Waals surface area contributed by atoms with Crippen LogP contribution in [0.15, 0.2) is 152 Å². The summed E-state index contributed by atoms with van der Waals surface area (Å²) in [7, 11) is 0. The van der Waals surface area contributed by atoms with Crippen molar-refractivity contribution in [2.45, 2.75) is 19.3 Å². The number of hydrogen-bond acceptors (Lipinski definition) is 5. The molecular formula is C46H31N3O2. The van der Waals surface area contributed by atoms with Gasteiger partial charge >= 0.3 is 0 Å². The summed E-state index contributed by atoms with van der Waals surface area (Å²) >= 11 is 0. The Bertz CT molecular complexity index is 2670. The van der Waals surface area contributed by atoms with Crippen LogP contribution in [0.1, 0.15) is 25.0 Å². The van der Waals surface area contributed by atoms with Crippen LogP contribution in [0.3, 0.4) is 0 Å². The van der Waals surface area contributed by atoms with Gasteiger partial charge in [0.05, 0.1) is 5.56 Å². The van der Waals surface area contributed by atoms with Crippen LogP contribution in [-0.2, 0) is 5.41 Å². The van der Waals surface area contributed by atoms with Gasteiger partial charge in [0, 0.05) is 16.5 Å². The Morgan fingerprint density at radius 1 is 0.392 bits per heavy atom. The van der Waals surface area contributed by atoms with Gasteiger partial charge in [0.2, 0.25) is 0 Å². The van der Waals surface area contributed by atoms with Gasteiger partial charge in [-0.3, -0.25) is 0 Å². The van der Waals surface area contributed by atoms with Crippen LogP contribution in [-0.4, -0.2) is 15.0 Å². The second-order valence-corrected chi connectivity index (χ2v) is 13.6. The van der Waals surface area contributed by atoms with Crippen LogP contribution in [0.4, 0.5) is 0 Å². The lowest BCUT2D eigenvalue weighted by atomic mass is 9.82. The molecule has 5 heteroatoms. The Morgan fingerprint density at radius 3 is 1.76 bits per heavy atom. The van der Waals surface area contributed by atoms with E-state index < -0.39 is 0 Å². The second kappa shape index (κ2) is 11.2. The number of ether oxygens (including phenoxy) is 2. The predicted octanol–water partition coefficient (Wildman–Crippen LogP) is 11.9. The zero-order valence-corrected chi connectivity index (χ0v) is 28.1. The highest BCUT2D eigenvalue weighted by molar-refractivity contribution is 6.04. The number of para-hydroxylation sites is 1. The summed E-state index contributed by atoms with van der Waals surface area (Å²) in [6, 6.07) is 52.0. The van der Waals surface area contributed by atoms with Gasteiger partial charge in [0.15, 0.2) is 40.5 Å². The number of rotatable bonds is 4. The van der Waals surface area contributed by atoms with Crippen molar-refractivity contribution < 1.29 is 9.47 Å². The molecule has 2 aliphatic rings. The molecule has 10 rings (SSSR count). The Hall–Kier alpha value is -6.59. The molecule has 0 radical (unpaired) electrons. The molecule has 0 spiro atoms. The van der Waals surface area contributed by atoms with E-state index in [1.165, 1.54) is 22.3 Å². The van der Waals surface area contributed by atoms with E-state index in [0.29, 0.717) is 40.5 Å². The van der Waals surface area contributed by atoms with Crippen molar-refractivity contribution in [1.82, 2.24) is 15.0 Å². The molecule has 242 valence electrons. The first-order chi connectivity index (χ1) is 25.0. The molecule has 1 aliphatic heterocycles. The SMILES string of the molecule is CC1(C)c2ccccc2-c2cc3c(cc21)Oc1c(cccc1-c1nc(-c2ccccc2)nc(-c2ccc(-c4ccccc4)c4ccccc24)n1)O3. The predicted molar refractivity (Wildman–Crippen MR) is 203 cm³/mol. The van der Waals surface area contributed by atoms with Crippen molar-refractivity contribution in [3.8, 4) is 79.4 Å². The molecular weight excluding hydrogens is 627 g/mol. The summed E-state index contributed by atoms with van der Waals surface area (Å²) in [6.07, 6.45) is 0. The van der Waals surface area contributed by atoms with Crippen molar-refractivity contribution in [3.05, 3.63) is 163 Å². The molecule has 8 aromatic rings. The van der Waals surface area contributed by atoms with Crippen molar-refractivity contribution in [2.75, 3.05) is 0 Å². The molecule has 0 atom stereocenters. The maximum atomic E-state index is 6.78. The first-order valence-electron chi connectivity index (χ1n) is 17.2. The minimum atomic E-state index is -0.170. The molecule has 2 heterocycles. The van der Waals surface area contributed by atoms with Gasteiger partial charge in [-0.05, 0) is 74.5 Å². The maximum Gasteiger partial charge on any atom is 0.181 e. The van der Waals surface area contributed by atoms with Crippen LogP contribution in [0, 0.1) is 0 Å². The van der Waals surface area contributed by atoms with Gasteiger partial charge in [0.1, 0.15) is 0 Å². The molecule has 7 aromatic carbocycles. The average Bonchev–Trinajstić information content (AvgIpc) is 3.41. The molecule has 0 fully saturated rings. The fourth-order valence-electron chi connectivity index (χ4n) is 7.67. The lowest BCUT2D eigenvalue weighted by Crippen LogP contribution is -2.15. The molecule has 0 saturated heterocycles. The Balaban J connectivity index is 1.13. The van der Waals surface area contributed by atoms with E-state index in [2.05, 4.69) is 111 Å². The largest absolute Gasteiger partial charge is 0.449 e. The maximum absolute atomic E-state index is 6.78. The smallest absolute Gasteiger partial charge is 0.181 e. The summed E-state index contributed by atoms with van der Waals surface area (Å²) in [4.78, 5) is 15.3. The third-order valence-electron chi connectivity index (χ3n) is 10.2. The highest BCUT2D eigenvalue weighted by atomic mass is 16.6. The molecule has 0 amide bonds. The van der Waals surface area contributed by atoms with Crippen LogP contribution >= 0.6 is 0 Å². The van der Waals surface area contributed by atoms with Crippen LogP contribution in [0.5, 0.6) is 23.0 Å². The summed E-state index contributed by atoms with van der Waals surface area (Å²) in [5.74, 6) is 4.24. The highest BCUT2D eigenvalue weighted by Gasteiger charge is 2.37. The van der Waals surface area contributed by atoms with E-state index in [1.54, 1.807) is 0 Å². The van der Waals surface area contributed by atoms with Crippen molar-refractivity contribution in [3.63, 3.8) is 0 Å². The molecule has 0 N–H and O–H groups in total. The third kappa shape index (κ3) is 4.66. The Labute approximate surface area is 295 Å². The van der Waals surface area contributed by atoms with E-state index in [-0.39, 0.29) is 5.41 Å². The number of fused-ring (bicyclic) bond motifs is 6. The number of aromatic nitrogens is 3. The summed E-state index contributed by atoms with van der Waals surface area (Å²) in [5.41, 5.74) is 9.63. The highest BCUT2D eigenvalue weighted by Crippen LogP contribution is 2.56. The van der Waals surface area contributed by atoms with E-state index in [4.69, 9.17) is 24.4 Å². The van der Waals surface area contributed by atoms with Gasteiger partial charge in [-0.2, -0.15) is 0 Å². The summed E-state index contributed by atoms with van der Waals surface area (Å²) < 4.78 is 13.4. The zero-order valence-electron chi connectivity index (χ0n) is 28.1. The van der Waals surface area contributed by atoms with Crippen molar-refractivity contribution >= 4 is 10.8 Å². The lowest BCUT2D eigenvalue weighted by molar-refractivity contribution is 0.360. The quantitative estimate of drug-likeness (QED) is 0.188. The second-order valence-electron chi connectivity index (χ2n) is 13.6. The van der Waals surface area contributed by atoms with E-state index in [0.717, 1.165) is 38.6 Å². The number of benzene rings is 7. The summed E-state index contributed by atoms with van der Waals surface area (Å²) in [5, 5.41) is 2.20. The van der Waals surface area contributed by atoms with Gasteiger partial charge in [-0.15, -0.1) is 0 Å². The first kappa shape index (κ1) is 29.3. The summed E-state index contributed by atoms with van der Waals surface area (Å²) in [6.45, 7) is 4.53. The van der Waals surface area contributed by atoms with Crippen LogP contribution in [0.2, 0.25) is 0 Å². The average molecular weight is 658 g/mol. The molecule has 51 heavy (non-hydrogen) atoms. The third-order valence-corrected chi connectivity index (χ3v) is 10.2. The fraction of sp³-hybridized carbons (Fsp3) is 0.0652. The molecule has 1 aromatic heterocycles. The normalized spacial score (nSPS) is 13.4. The topological polar surface area (TPSA) is 57.1 Å².